The molecule has 0 unspecified atom stereocenters. The first kappa shape index (κ1) is 16.9. The molecule has 0 bridgehead atoms. The number of halogens is 1. The molecule has 24 heavy (non-hydrogen) atoms. The number of anilines is 2. The van der Waals surface area contributed by atoms with Crippen molar-refractivity contribution in [1.82, 2.24) is 10.2 Å². The number of hydrogen-bond acceptors (Lipinski definition) is 6. The van der Waals surface area contributed by atoms with Crippen molar-refractivity contribution in [2.75, 3.05) is 11.1 Å². The second-order valence-electron chi connectivity index (χ2n) is 5.25. The van der Waals surface area contributed by atoms with Crippen molar-refractivity contribution in [2.24, 2.45) is 0 Å². The third kappa shape index (κ3) is 4.53. The van der Waals surface area contributed by atoms with Gasteiger partial charge in [0.05, 0.1) is 6.10 Å². The van der Waals surface area contributed by atoms with E-state index in [2.05, 4.69) is 15.5 Å². The molecule has 1 heterocycles. The molecule has 3 aromatic rings. The van der Waals surface area contributed by atoms with Crippen LogP contribution in [0.25, 0.3) is 0 Å². The van der Waals surface area contributed by atoms with Gasteiger partial charge in [-0.1, -0.05) is 47.4 Å². The fraction of sp³-hybridized carbons (Fsp3) is 0.176. The van der Waals surface area contributed by atoms with Gasteiger partial charge in [0.15, 0.2) is 4.34 Å². The first-order valence-electron chi connectivity index (χ1n) is 7.34. The third-order valence-electron chi connectivity index (χ3n) is 3.27. The Morgan fingerprint density at radius 2 is 2.04 bits per heavy atom. The molecule has 0 aliphatic carbocycles. The fourth-order valence-electron chi connectivity index (χ4n) is 2.13. The van der Waals surface area contributed by atoms with Crippen LogP contribution in [0.1, 0.15) is 17.2 Å². The van der Waals surface area contributed by atoms with Gasteiger partial charge >= 0.3 is 0 Å². The van der Waals surface area contributed by atoms with Crippen LogP contribution in [0.4, 0.5) is 15.2 Å². The van der Waals surface area contributed by atoms with Gasteiger partial charge in [-0.15, -0.1) is 10.2 Å². The summed E-state index contributed by atoms with van der Waals surface area (Å²) in [5.74, 6) is 0.0415. The van der Waals surface area contributed by atoms with E-state index >= 15 is 0 Å². The van der Waals surface area contributed by atoms with E-state index in [1.54, 1.807) is 12.1 Å². The topological polar surface area (TPSA) is 58.0 Å². The predicted molar refractivity (Wildman–Crippen MR) is 96.5 cm³/mol. The van der Waals surface area contributed by atoms with E-state index in [-0.39, 0.29) is 5.82 Å². The number of nitrogens with zero attached hydrogens (tertiary/aromatic N) is 2. The number of aromatic nitrogens is 2. The maximum Gasteiger partial charge on any atom is 0.210 e. The number of rotatable bonds is 6. The predicted octanol–water partition coefficient (Wildman–Crippen LogP) is 4.55. The zero-order chi connectivity index (χ0) is 16.9. The number of benzene rings is 2. The molecular formula is C17H16FN3OS2. The van der Waals surface area contributed by atoms with E-state index < -0.39 is 6.10 Å². The van der Waals surface area contributed by atoms with Gasteiger partial charge in [0.25, 0.3) is 0 Å². The van der Waals surface area contributed by atoms with Crippen molar-refractivity contribution >= 4 is 33.9 Å². The summed E-state index contributed by atoms with van der Waals surface area (Å²) < 4.78 is 13.9. The van der Waals surface area contributed by atoms with E-state index in [1.807, 2.05) is 31.2 Å². The van der Waals surface area contributed by atoms with E-state index in [1.165, 1.54) is 35.2 Å². The number of aryl methyl sites for hydroxylation is 1. The molecule has 0 fully saturated rings. The average molecular weight is 361 g/mol. The second-order valence-corrected chi connectivity index (χ2v) is 7.49. The molecule has 2 aromatic carbocycles. The number of nitrogens with one attached hydrogen (secondary N) is 1. The molecule has 7 heteroatoms. The smallest absolute Gasteiger partial charge is 0.210 e. The normalized spacial score (nSPS) is 12.1. The van der Waals surface area contributed by atoms with Crippen molar-refractivity contribution in [1.29, 1.82) is 0 Å². The summed E-state index contributed by atoms with van der Waals surface area (Å²) in [6.45, 7) is 2.03. The highest BCUT2D eigenvalue weighted by atomic mass is 32.2. The highest BCUT2D eigenvalue weighted by molar-refractivity contribution is 8.01. The quantitative estimate of drug-likeness (QED) is 0.631. The van der Waals surface area contributed by atoms with Gasteiger partial charge in [0, 0.05) is 11.4 Å². The van der Waals surface area contributed by atoms with Gasteiger partial charge < -0.3 is 10.4 Å². The minimum Gasteiger partial charge on any atom is -0.388 e. The molecule has 0 amide bonds. The molecule has 0 aliphatic heterocycles. The van der Waals surface area contributed by atoms with Gasteiger partial charge in [-0.25, -0.2) is 4.39 Å². The largest absolute Gasteiger partial charge is 0.388 e. The van der Waals surface area contributed by atoms with Gasteiger partial charge in [-0.3, -0.25) is 0 Å². The monoisotopic (exact) mass is 361 g/mol. The van der Waals surface area contributed by atoms with Crippen molar-refractivity contribution in [2.45, 2.75) is 17.4 Å². The summed E-state index contributed by atoms with van der Waals surface area (Å²) in [5, 5.41) is 22.2. The average Bonchev–Trinajstić information content (AvgIpc) is 3.00. The maximum absolute atomic E-state index is 13.2. The van der Waals surface area contributed by atoms with Crippen molar-refractivity contribution in [3.63, 3.8) is 0 Å². The van der Waals surface area contributed by atoms with Gasteiger partial charge in [-0.2, -0.15) is 0 Å². The van der Waals surface area contributed by atoms with Crippen LogP contribution in [0.5, 0.6) is 0 Å². The van der Waals surface area contributed by atoms with Crippen LogP contribution in [0.3, 0.4) is 0 Å². The van der Waals surface area contributed by atoms with E-state index in [9.17, 15) is 9.50 Å². The third-order valence-corrected chi connectivity index (χ3v) is 5.32. The van der Waals surface area contributed by atoms with E-state index in [0.717, 1.165) is 15.6 Å². The maximum atomic E-state index is 13.2. The lowest BCUT2D eigenvalue weighted by Crippen LogP contribution is -2.00. The minimum atomic E-state index is -0.747. The van der Waals surface area contributed by atoms with E-state index in [0.29, 0.717) is 16.4 Å². The molecule has 0 aliphatic rings. The van der Waals surface area contributed by atoms with Crippen LogP contribution in [0.15, 0.2) is 52.9 Å². The number of thioether (sulfide) groups is 1. The first-order chi connectivity index (χ1) is 11.6. The molecule has 2 N–H and O–H groups in total. The SMILES string of the molecule is Cc1cccc(Nc2nnc(SC[C@H](O)c3cccc(F)c3)s2)c1. The zero-order valence-electron chi connectivity index (χ0n) is 12.9. The van der Waals surface area contributed by atoms with Crippen LogP contribution in [-0.2, 0) is 0 Å². The summed E-state index contributed by atoms with van der Waals surface area (Å²) in [4.78, 5) is 0. The Morgan fingerprint density at radius 3 is 2.83 bits per heavy atom. The van der Waals surface area contributed by atoms with Gasteiger partial charge in [0.2, 0.25) is 5.13 Å². The summed E-state index contributed by atoms with van der Waals surface area (Å²) in [6.07, 6.45) is -0.747. The molecule has 124 valence electrons. The Morgan fingerprint density at radius 1 is 1.21 bits per heavy atom. The summed E-state index contributed by atoms with van der Waals surface area (Å²) in [7, 11) is 0. The number of hydrogen-bond donors (Lipinski definition) is 2. The lowest BCUT2D eigenvalue weighted by Gasteiger charge is -2.09. The van der Waals surface area contributed by atoms with Crippen molar-refractivity contribution in [3.8, 4) is 0 Å². The van der Waals surface area contributed by atoms with Crippen LogP contribution in [0.2, 0.25) is 0 Å². The van der Waals surface area contributed by atoms with Crippen LogP contribution >= 0.6 is 23.1 Å². The molecule has 3 rings (SSSR count). The van der Waals surface area contributed by atoms with Crippen LogP contribution in [-0.4, -0.2) is 21.1 Å². The molecule has 4 nitrogen and oxygen atoms in total. The Bertz CT molecular complexity index is 825. The zero-order valence-corrected chi connectivity index (χ0v) is 14.6. The Kier molecular flexibility index (Phi) is 5.44. The number of aliphatic hydroxyl groups is 1. The molecule has 0 saturated heterocycles. The first-order valence-corrected chi connectivity index (χ1v) is 9.14. The molecule has 1 atom stereocenters. The summed E-state index contributed by atoms with van der Waals surface area (Å²) >= 11 is 2.81. The van der Waals surface area contributed by atoms with Crippen molar-refractivity contribution < 1.29 is 9.50 Å². The lowest BCUT2D eigenvalue weighted by molar-refractivity contribution is 0.203. The number of aliphatic hydroxyl groups excluding tert-OH is 1. The van der Waals surface area contributed by atoms with Crippen molar-refractivity contribution in [3.05, 3.63) is 65.5 Å². The summed E-state index contributed by atoms with van der Waals surface area (Å²) in [5.41, 5.74) is 2.69. The summed E-state index contributed by atoms with van der Waals surface area (Å²) in [6, 6.07) is 14.0. The Hall–Kier alpha value is -1.96. The molecule has 1 aromatic heterocycles. The Labute approximate surface area is 147 Å². The van der Waals surface area contributed by atoms with Gasteiger partial charge in [-0.05, 0) is 42.3 Å². The van der Waals surface area contributed by atoms with Crippen LogP contribution < -0.4 is 5.32 Å². The fourth-order valence-corrected chi connectivity index (χ4v) is 3.89. The second kappa shape index (κ2) is 7.74. The lowest BCUT2D eigenvalue weighted by atomic mass is 10.1. The van der Waals surface area contributed by atoms with E-state index in [4.69, 9.17) is 0 Å². The van der Waals surface area contributed by atoms with Crippen LogP contribution in [0, 0.1) is 12.7 Å². The Balaban J connectivity index is 1.58. The van der Waals surface area contributed by atoms with Gasteiger partial charge in [0.1, 0.15) is 5.82 Å². The molecular weight excluding hydrogens is 345 g/mol. The standard InChI is InChI=1S/C17H16FN3OS2/c1-11-4-2-7-14(8-11)19-16-20-21-17(24-16)23-10-15(22)12-5-3-6-13(18)9-12/h2-9,15,22H,10H2,1H3,(H,19,20)/t15-/m0/s1. The molecule has 0 saturated carbocycles. The minimum absolute atomic E-state index is 0.350. The highest BCUT2D eigenvalue weighted by Crippen LogP contribution is 2.30. The highest BCUT2D eigenvalue weighted by Gasteiger charge is 2.12. The molecule has 0 radical (unpaired) electrons. The molecule has 0 spiro atoms.